The summed E-state index contributed by atoms with van der Waals surface area (Å²) in [6.45, 7) is 0.288. The summed E-state index contributed by atoms with van der Waals surface area (Å²) >= 11 is 0. The third-order valence-corrected chi connectivity index (χ3v) is 6.53. The molecule has 1 aliphatic heterocycles. The highest BCUT2D eigenvalue weighted by atomic mass is 32.2. The molecule has 0 fully saturated rings. The number of nitrogens with one attached hydrogen (secondary N) is 2. The first kappa shape index (κ1) is 19.8. The van der Waals surface area contributed by atoms with Crippen molar-refractivity contribution >= 4 is 33.1 Å². The van der Waals surface area contributed by atoms with Crippen molar-refractivity contribution in [1.29, 1.82) is 0 Å². The number of benzene rings is 3. The van der Waals surface area contributed by atoms with Gasteiger partial charge in [-0.2, -0.15) is 0 Å². The van der Waals surface area contributed by atoms with Crippen molar-refractivity contribution < 1.29 is 22.0 Å². The zero-order chi connectivity index (χ0) is 21.3. The van der Waals surface area contributed by atoms with E-state index < -0.39 is 27.7 Å². The third-order valence-electron chi connectivity index (χ3n) is 4.70. The Balaban J connectivity index is 1.56. The molecule has 6 nitrogen and oxygen atoms in total. The molecule has 2 amide bonds. The summed E-state index contributed by atoms with van der Waals surface area (Å²) < 4.78 is 54.3. The molecule has 0 unspecified atom stereocenters. The van der Waals surface area contributed by atoms with Crippen LogP contribution in [-0.2, 0) is 16.4 Å². The van der Waals surface area contributed by atoms with Gasteiger partial charge in [-0.1, -0.05) is 24.3 Å². The van der Waals surface area contributed by atoms with E-state index in [9.17, 15) is 22.0 Å². The fourth-order valence-corrected chi connectivity index (χ4v) is 4.79. The molecule has 4 rings (SSSR count). The number of fused-ring (bicyclic) bond motifs is 1. The number of sulfonamides is 1. The number of urea groups is 1. The van der Waals surface area contributed by atoms with Crippen LogP contribution in [0.15, 0.2) is 71.6 Å². The van der Waals surface area contributed by atoms with Crippen molar-refractivity contribution in [3.63, 3.8) is 0 Å². The van der Waals surface area contributed by atoms with Crippen LogP contribution < -0.4 is 14.9 Å². The largest absolute Gasteiger partial charge is 0.323 e. The molecular weight excluding hydrogens is 412 g/mol. The minimum Gasteiger partial charge on any atom is -0.308 e. The van der Waals surface area contributed by atoms with Gasteiger partial charge < -0.3 is 10.6 Å². The smallest absolute Gasteiger partial charge is 0.308 e. The fourth-order valence-electron chi connectivity index (χ4n) is 3.27. The fraction of sp³-hybridized carbons (Fsp3) is 0.0952. The average molecular weight is 429 g/mol. The molecule has 1 aliphatic rings. The SMILES string of the molecule is O=C(Nc1ccc2c(c1)N(S(=O)(=O)c1ccccc1)CC2)Nc1cc(F)ccc1F. The monoisotopic (exact) mass is 429 g/mol. The first-order chi connectivity index (χ1) is 14.3. The number of halogens is 2. The molecule has 3 aromatic carbocycles. The first-order valence-corrected chi connectivity index (χ1v) is 10.5. The van der Waals surface area contributed by atoms with Gasteiger partial charge in [-0.15, -0.1) is 0 Å². The maximum absolute atomic E-state index is 13.7. The highest BCUT2D eigenvalue weighted by molar-refractivity contribution is 7.92. The number of rotatable bonds is 4. The van der Waals surface area contributed by atoms with Crippen LogP contribution in [0.25, 0.3) is 0 Å². The Morgan fingerprint density at radius 2 is 1.70 bits per heavy atom. The normalized spacial score (nSPS) is 13.1. The van der Waals surface area contributed by atoms with Crippen molar-refractivity contribution in [1.82, 2.24) is 0 Å². The molecule has 0 bridgehead atoms. The summed E-state index contributed by atoms with van der Waals surface area (Å²) in [5, 5.41) is 4.76. The number of hydrogen-bond donors (Lipinski definition) is 2. The Labute approximate surface area is 172 Å². The number of amides is 2. The molecular formula is C21H17F2N3O3S. The molecule has 30 heavy (non-hydrogen) atoms. The van der Waals surface area contributed by atoms with Crippen LogP contribution in [0.5, 0.6) is 0 Å². The molecule has 3 aromatic rings. The molecule has 9 heteroatoms. The lowest BCUT2D eigenvalue weighted by molar-refractivity contribution is 0.262. The molecule has 0 spiro atoms. The van der Waals surface area contributed by atoms with Crippen LogP contribution in [0.2, 0.25) is 0 Å². The highest BCUT2D eigenvalue weighted by Gasteiger charge is 2.31. The number of anilines is 3. The topological polar surface area (TPSA) is 78.5 Å². The lowest BCUT2D eigenvalue weighted by atomic mass is 10.1. The zero-order valence-electron chi connectivity index (χ0n) is 15.6. The molecule has 2 N–H and O–H groups in total. The third kappa shape index (κ3) is 3.84. The lowest BCUT2D eigenvalue weighted by Crippen LogP contribution is -2.29. The minimum atomic E-state index is -3.74. The molecule has 154 valence electrons. The Morgan fingerprint density at radius 3 is 2.47 bits per heavy atom. The van der Waals surface area contributed by atoms with Gasteiger partial charge >= 0.3 is 6.03 Å². The van der Waals surface area contributed by atoms with Crippen LogP contribution >= 0.6 is 0 Å². The van der Waals surface area contributed by atoms with Crippen molar-refractivity contribution in [3.05, 3.63) is 83.9 Å². The molecule has 0 aromatic heterocycles. The number of carbonyl (C=O) groups excluding carboxylic acids is 1. The van der Waals surface area contributed by atoms with Gasteiger partial charge in [-0.05, 0) is 48.4 Å². The summed E-state index contributed by atoms with van der Waals surface area (Å²) in [5.74, 6) is -1.47. The molecule has 0 atom stereocenters. The van der Waals surface area contributed by atoms with E-state index in [2.05, 4.69) is 10.6 Å². The van der Waals surface area contributed by atoms with Crippen molar-refractivity contribution in [3.8, 4) is 0 Å². The van der Waals surface area contributed by atoms with E-state index in [1.165, 1.54) is 16.4 Å². The molecule has 1 heterocycles. The highest BCUT2D eigenvalue weighted by Crippen LogP contribution is 2.35. The number of hydrogen-bond acceptors (Lipinski definition) is 3. The summed E-state index contributed by atoms with van der Waals surface area (Å²) in [5.41, 5.74) is 1.31. The Morgan fingerprint density at radius 1 is 0.933 bits per heavy atom. The van der Waals surface area contributed by atoms with Crippen LogP contribution in [0.1, 0.15) is 5.56 Å². The lowest BCUT2D eigenvalue weighted by Gasteiger charge is -2.20. The van der Waals surface area contributed by atoms with Crippen LogP contribution in [0.3, 0.4) is 0 Å². The standard InChI is InChI=1S/C21H17F2N3O3S/c22-15-7-9-18(23)19(12-15)25-21(27)24-16-8-6-14-10-11-26(20(14)13-16)30(28,29)17-4-2-1-3-5-17/h1-9,12-13H,10-11H2,(H2,24,25,27). The van der Waals surface area contributed by atoms with Gasteiger partial charge in [0.15, 0.2) is 0 Å². The van der Waals surface area contributed by atoms with E-state index in [1.807, 2.05) is 0 Å². The average Bonchev–Trinajstić information content (AvgIpc) is 3.15. The zero-order valence-corrected chi connectivity index (χ0v) is 16.4. The molecule has 0 saturated heterocycles. The quantitative estimate of drug-likeness (QED) is 0.647. The second kappa shape index (κ2) is 7.75. The van der Waals surface area contributed by atoms with Gasteiger partial charge in [0.2, 0.25) is 0 Å². The van der Waals surface area contributed by atoms with Crippen molar-refractivity contribution in [2.75, 3.05) is 21.5 Å². The van der Waals surface area contributed by atoms with E-state index in [1.54, 1.807) is 36.4 Å². The number of carbonyl (C=O) groups is 1. The van der Waals surface area contributed by atoms with Gasteiger partial charge in [0.1, 0.15) is 11.6 Å². The van der Waals surface area contributed by atoms with Gasteiger partial charge in [-0.3, -0.25) is 4.31 Å². The minimum absolute atomic E-state index is 0.176. The van der Waals surface area contributed by atoms with Gasteiger partial charge in [0.05, 0.1) is 16.3 Å². The van der Waals surface area contributed by atoms with Crippen LogP contribution in [0, 0.1) is 11.6 Å². The summed E-state index contributed by atoms with van der Waals surface area (Å²) in [7, 11) is -3.74. The Hall–Kier alpha value is -3.46. The molecule has 0 radical (unpaired) electrons. The van der Waals surface area contributed by atoms with E-state index >= 15 is 0 Å². The van der Waals surface area contributed by atoms with E-state index in [-0.39, 0.29) is 17.1 Å². The summed E-state index contributed by atoms with van der Waals surface area (Å²) in [6.07, 6.45) is 0.544. The van der Waals surface area contributed by atoms with E-state index in [0.717, 1.165) is 23.8 Å². The van der Waals surface area contributed by atoms with Crippen LogP contribution in [-0.4, -0.2) is 21.0 Å². The second-order valence-electron chi connectivity index (χ2n) is 6.69. The summed E-state index contributed by atoms with van der Waals surface area (Å²) in [4.78, 5) is 12.4. The van der Waals surface area contributed by atoms with Gasteiger partial charge in [-0.25, -0.2) is 22.0 Å². The Kier molecular flexibility index (Phi) is 5.13. The van der Waals surface area contributed by atoms with Gasteiger partial charge in [0.25, 0.3) is 10.0 Å². The maximum atomic E-state index is 13.7. The second-order valence-corrected chi connectivity index (χ2v) is 8.55. The predicted molar refractivity (Wildman–Crippen MR) is 110 cm³/mol. The van der Waals surface area contributed by atoms with Crippen LogP contribution in [0.4, 0.5) is 30.6 Å². The Bertz CT molecular complexity index is 1220. The summed E-state index contributed by atoms with van der Waals surface area (Å²) in [6, 6.07) is 14.9. The number of nitrogens with zero attached hydrogens (tertiary/aromatic N) is 1. The van der Waals surface area contributed by atoms with E-state index in [0.29, 0.717) is 17.8 Å². The maximum Gasteiger partial charge on any atom is 0.323 e. The first-order valence-electron chi connectivity index (χ1n) is 9.08. The van der Waals surface area contributed by atoms with Crippen molar-refractivity contribution in [2.45, 2.75) is 11.3 Å². The van der Waals surface area contributed by atoms with Gasteiger partial charge in [0, 0.05) is 18.3 Å². The van der Waals surface area contributed by atoms with Crippen molar-refractivity contribution in [2.24, 2.45) is 0 Å². The molecule has 0 aliphatic carbocycles. The predicted octanol–water partition coefficient (Wildman–Crippen LogP) is 4.36. The van der Waals surface area contributed by atoms with E-state index in [4.69, 9.17) is 0 Å². The molecule has 0 saturated carbocycles.